The van der Waals surface area contributed by atoms with Crippen LogP contribution in [0.15, 0.2) is 41.8 Å². The van der Waals surface area contributed by atoms with Gasteiger partial charge in [0.05, 0.1) is 4.88 Å². The van der Waals surface area contributed by atoms with Gasteiger partial charge in [-0.15, -0.1) is 11.3 Å². The lowest BCUT2D eigenvalue weighted by Gasteiger charge is -1.95. The first-order valence-corrected chi connectivity index (χ1v) is 6.17. The maximum absolute atomic E-state index is 11.9. The summed E-state index contributed by atoms with van der Waals surface area (Å²) in [4.78, 5) is 12.7. The molecule has 0 saturated carbocycles. The molecule has 0 unspecified atom stereocenters. The molecule has 0 radical (unpaired) electrons. The number of carbonyl (C=O) groups is 1. The van der Waals surface area contributed by atoms with E-state index in [2.05, 4.69) is 0 Å². The van der Waals surface area contributed by atoms with E-state index in [-0.39, 0.29) is 5.78 Å². The third-order valence-corrected chi connectivity index (χ3v) is 3.48. The average molecular weight is 243 g/mol. The molecular formula is C14H13NOS. The summed E-state index contributed by atoms with van der Waals surface area (Å²) in [7, 11) is 0. The molecule has 0 aliphatic rings. The number of allylic oxidation sites excluding steroid dienone is 1. The second kappa shape index (κ2) is 4.97. The maximum Gasteiger partial charge on any atom is 0.196 e. The summed E-state index contributed by atoms with van der Waals surface area (Å²) in [6.07, 6.45) is 3.41. The number of hydrogen-bond donors (Lipinski definition) is 1. The first-order valence-electron chi connectivity index (χ1n) is 5.29. The van der Waals surface area contributed by atoms with Crippen LogP contribution < -0.4 is 5.73 Å². The molecule has 0 saturated heterocycles. The molecule has 0 bridgehead atoms. The van der Waals surface area contributed by atoms with Gasteiger partial charge >= 0.3 is 0 Å². The molecule has 2 nitrogen and oxygen atoms in total. The van der Waals surface area contributed by atoms with E-state index in [1.807, 2.05) is 42.6 Å². The number of rotatable bonds is 3. The van der Waals surface area contributed by atoms with Crippen LogP contribution in [-0.2, 0) is 0 Å². The number of thiophene rings is 1. The van der Waals surface area contributed by atoms with Gasteiger partial charge in [-0.25, -0.2) is 0 Å². The topological polar surface area (TPSA) is 43.1 Å². The first kappa shape index (κ1) is 11.6. The minimum absolute atomic E-state index is 0.0503. The molecule has 0 atom stereocenters. The van der Waals surface area contributed by atoms with Gasteiger partial charge < -0.3 is 5.73 Å². The van der Waals surface area contributed by atoms with Crippen LogP contribution in [0.2, 0.25) is 0 Å². The standard InChI is InChI=1S/C14H13NOS/c1-10-8-9-17-14(10)13(16)7-4-11-2-5-12(15)6-3-11/h2-9H,15H2,1H3/b7-4+. The highest BCUT2D eigenvalue weighted by atomic mass is 32.1. The summed E-state index contributed by atoms with van der Waals surface area (Å²) in [5.41, 5.74) is 8.32. The highest BCUT2D eigenvalue weighted by molar-refractivity contribution is 7.12. The summed E-state index contributed by atoms with van der Waals surface area (Å²) < 4.78 is 0. The fourth-order valence-electron chi connectivity index (χ4n) is 1.48. The quantitative estimate of drug-likeness (QED) is 0.509. The van der Waals surface area contributed by atoms with Gasteiger partial charge in [0.1, 0.15) is 0 Å². The van der Waals surface area contributed by atoms with Crippen molar-refractivity contribution >= 4 is 28.9 Å². The van der Waals surface area contributed by atoms with Crippen molar-refractivity contribution in [3.63, 3.8) is 0 Å². The van der Waals surface area contributed by atoms with Crippen molar-refractivity contribution in [1.29, 1.82) is 0 Å². The molecule has 1 aromatic heterocycles. The van der Waals surface area contributed by atoms with Crippen molar-refractivity contribution in [2.24, 2.45) is 0 Å². The minimum atomic E-state index is 0.0503. The van der Waals surface area contributed by atoms with Crippen molar-refractivity contribution < 1.29 is 4.79 Å². The van der Waals surface area contributed by atoms with Gasteiger partial charge in [0.25, 0.3) is 0 Å². The van der Waals surface area contributed by atoms with Crippen LogP contribution in [-0.4, -0.2) is 5.78 Å². The number of nitrogen functional groups attached to an aromatic ring is 1. The number of carbonyl (C=O) groups excluding carboxylic acids is 1. The van der Waals surface area contributed by atoms with Crippen LogP contribution in [0.5, 0.6) is 0 Å². The van der Waals surface area contributed by atoms with E-state index < -0.39 is 0 Å². The minimum Gasteiger partial charge on any atom is -0.399 e. The zero-order valence-electron chi connectivity index (χ0n) is 9.51. The highest BCUT2D eigenvalue weighted by Crippen LogP contribution is 2.17. The molecular weight excluding hydrogens is 230 g/mol. The number of ketones is 1. The van der Waals surface area contributed by atoms with Gasteiger partial charge in [0.2, 0.25) is 0 Å². The lowest BCUT2D eigenvalue weighted by Crippen LogP contribution is -1.92. The van der Waals surface area contributed by atoms with E-state index in [0.717, 1.165) is 21.7 Å². The molecule has 0 fully saturated rings. The van der Waals surface area contributed by atoms with Crippen LogP contribution >= 0.6 is 11.3 Å². The Morgan fingerprint density at radius 1 is 1.24 bits per heavy atom. The van der Waals surface area contributed by atoms with Crippen molar-refractivity contribution in [3.05, 3.63) is 57.8 Å². The SMILES string of the molecule is Cc1ccsc1C(=O)/C=C/c1ccc(N)cc1. The molecule has 0 spiro atoms. The van der Waals surface area contributed by atoms with E-state index in [1.165, 1.54) is 11.3 Å². The molecule has 17 heavy (non-hydrogen) atoms. The molecule has 0 aliphatic heterocycles. The maximum atomic E-state index is 11.9. The predicted molar refractivity (Wildman–Crippen MR) is 73.3 cm³/mol. The summed E-state index contributed by atoms with van der Waals surface area (Å²) >= 11 is 1.47. The Hall–Kier alpha value is -1.87. The smallest absolute Gasteiger partial charge is 0.196 e. The number of benzene rings is 1. The third-order valence-electron chi connectivity index (χ3n) is 2.45. The van der Waals surface area contributed by atoms with Gasteiger partial charge in [-0.3, -0.25) is 4.79 Å². The molecule has 2 aromatic rings. The normalized spacial score (nSPS) is 10.9. The fraction of sp³-hybridized carbons (Fsp3) is 0.0714. The van der Waals surface area contributed by atoms with E-state index in [9.17, 15) is 4.79 Å². The van der Waals surface area contributed by atoms with Crippen molar-refractivity contribution in [2.45, 2.75) is 6.92 Å². The predicted octanol–water partition coefficient (Wildman–Crippen LogP) is 3.53. The van der Waals surface area contributed by atoms with Crippen molar-refractivity contribution in [3.8, 4) is 0 Å². The third kappa shape index (κ3) is 2.82. The number of anilines is 1. The number of nitrogens with two attached hydrogens (primary N) is 1. The second-order valence-corrected chi connectivity index (χ2v) is 4.71. The number of hydrogen-bond acceptors (Lipinski definition) is 3. The van der Waals surface area contributed by atoms with E-state index in [1.54, 1.807) is 12.2 Å². The average Bonchev–Trinajstić information content (AvgIpc) is 2.74. The summed E-state index contributed by atoms with van der Waals surface area (Å²) in [6, 6.07) is 9.37. The van der Waals surface area contributed by atoms with E-state index in [0.29, 0.717) is 0 Å². The van der Waals surface area contributed by atoms with Crippen LogP contribution in [0.1, 0.15) is 20.8 Å². The number of aryl methyl sites for hydroxylation is 1. The molecule has 0 amide bonds. The molecule has 0 aliphatic carbocycles. The van der Waals surface area contributed by atoms with Crippen LogP contribution in [0.25, 0.3) is 6.08 Å². The van der Waals surface area contributed by atoms with Gasteiger partial charge in [-0.1, -0.05) is 18.2 Å². The monoisotopic (exact) mass is 243 g/mol. The molecule has 2 rings (SSSR count). The summed E-state index contributed by atoms with van der Waals surface area (Å²) in [5.74, 6) is 0.0503. The van der Waals surface area contributed by atoms with Crippen molar-refractivity contribution in [1.82, 2.24) is 0 Å². The van der Waals surface area contributed by atoms with Crippen LogP contribution in [0.3, 0.4) is 0 Å². The molecule has 2 N–H and O–H groups in total. The molecule has 86 valence electrons. The Balaban J connectivity index is 2.14. The van der Waals surface area contributed by atoms with Crippen molar-refractivity contribution in [2.75, 3.05) is 5.73 Å². The van der Waals surface area contributed by atoms with Gasteiger partial charge in [-0.2, -0.15) is 0 Å². The van der Waals surface area contributed by atoms with Crippen LogP contribution in [0.4, 0.5) is 5.69 Å². The summed E-state index contributed by atoms with van der Waals surface area (Å²) in [6.45, 7) is 1.95. The lowest BCUT2D eigenvalue weighted by atomic mass is 10.1. The Morgan fingerprint density at radius 3 is 2.53 bits per heavy atom. The summed E-state index contributed by atoms with van der Waals surface area (Å²) in [5, 5.41) is 1.93. The molecule has 1 aromatic carbocycles. The molecule has 3 heteroatoms. The van der Waals surface area contributed by atoms with E-state index in [4.69, 9.17) is 5.73 Å². The van der Waals surface area contributed by atoms with Gasteiger partial charge in [-0.05, 0) is 47.7 Å². The Kier molecular flexibility index (Phi) is 3.40. The van der Waals surface area contributed by atoms with Crippen LogP contribution in [0, 0.1) is 6.92 Å². The van der Waals surface area contributed by atoms with Gasteiger partial charge in [0.15, 0.2) is 5.78 Å². The zero-order chi connectivity index (χ0) is 12.3. The Labute approximate surface area is 104 Å². The lowest BCUT2D eigenvalue weighted by molar-refractivity contribution is 0.105. The van der Waals surface area contributed by atoms with E-state index >= 15 is 0 Å². The fourth-order valence-corrected chi connectivity index (χ4v) is 2.33. The molecule has 1 heterocycles. The Morgan fingerprint density at radius 2 is 1.94 bits per heavy atom. The van der Waals surface area contributed by atoms with Gasteiger partial charge in [0, 0.05) is 5.69 Å². The zero-order valence-corrected chi connectivity index (χ0v) is 10.3. The largest absolute Gasteiger partial charge is 0.399 e. The first-order chi connectivity index (χ1) is 8.16. The Bertz CT molecular complexity index is 552. The second-order valence-electron chi connectivity index (χ2n) is 3.80. The highest BCUT2D eigenvalue weighted by Gasteiger charge is 2.06.